The molecule has 3 nitrogen and oxygen atoms in total. The zero-order chi connectivity index (χ0) is 18.5. The number of phenols is 1. The molecule has 0 aliphatic heterocycles. The van der Waals surface area contributed by atoms with Gasteiger partial charge in [0.25, 0.3) is 0 Å². The quantitative estimate of drug-likeness (QED) is 0.695. The Labute approximate surface area is 147 Å². The van der Waals surface area contributed by atoms with Crippen LogP contribution in [-0.2, 0) is 21.4 Å². The summed E-state index contributed by atoms with van der Waals surface area (Å²) in [4.78, 5) is 12.0. The maximum atomic E-state index is 12.0. The average Bonchev–Trinajstić information content (AvgIpc) is 2.49. The second kappa shape index (κ2) is 8.55. The fraction of sp³-hybridized carbons (Fsp3) is 0.667. The Bertz CT molecular complexity index is 567. The first-order valence-corrected chi connectivity index (χ1v) is 9.06. The summed E-state index contributed by atoms with van der Waals surface area (Å²) in [5.41, 5.74) is 3.89. The number of aryl methyl sites for hydroxylation is 1. The number of carbonyl (C=O) groups excluding carboxylic acids is 1. The third kappa shape index (κ3) is 5.54. The van der Waals surface area contributed by atoms with E-state index >= 15 is 0 Å². The highest BCUT2D eigenvalue weighted by Crippen LogP contribution is 2.36. The summed E-state index contributed by atoms with van der Waals surface area (Å²) in [6, 6.07) is 2.05. The van der Waals surface area contributed by atoms with E-state index in [-0.39, 0.29) is 11.4 Å². The molecular weight excluding hydrogens is 300 g/mol. The van der Waals surface area contributed by atoms with Crippen LogP contribution < -0.4 is 0 Å². The summed E-state index contributed by atoms with van der Waals surface area (Å²) in [6.07, 6.45) is 3.23. The average molecular weight is 335 g/mol. The fourth-order valence-corrected chi connectivity index (χ4v) is 2.92. The van der Waals surface area contributed by atoms with Crippen molar-refractivity contribution in [2.75, 3.05) is 6.61 Å². The number of hydrogen-bond donors (Lipinski definition) is 1. The number of rotatable bonds is 7. The molecule has 0 radical (unpaired) electrons. The Balaban J connectivity index is 2.78. The molecule has 24 heavy (non-hydrogen) atoms. The summed E-state index contributed by atoms with van der Waals surface area (Å²) in [7, 11) is 0. The van der Waals surface area contributed by atoms with Gasteiger partial charge in [0.1, 0.15) is 5.75 Å². The van der Waals surface area contributed by atoms with E-state index in [2.05, 4.69) is 34.6 Å². The van der Waals surface area contributed by atoms with Gasteiger partial charge in [-0.25, -0.2) is 0 Å². The van der Waals surface area contributed by atoms with Gasteiger partial charge in [0.2, 0.25) is 0 Å². The number of benzene rings is 1. The van der Waals surface area contributed by atoms with E-state index < -0.39 is 0 Å². The Morgan fingerprint density at radius 1 is 1.25 bits per heavy atom. The number of carbonyl (C=O) groups is 1. The molecule has 136 valence electrons. The van der Waals surface area contributed by atoms with Gasteiger partial charge in [-0.3, -0.25) is 4.79 Å². The van der Waals surface area contributed by atoms with Crippen LogP contribution in [0.2, 0.25) is 0 Å². The van der Waals surface area contributed by atoms with Crippen molar-refractivity contribution in [3.8, 4) is 5.75 Å². The summed E-state index contributed by atoms with van der Waals surface area (Å²) in [6.45, 7) is 15.0. The normalized spacial score (nSPS) is 13.0. The van der Waals surface area contributed by atoms with Crippen LogP contribution in [0, 0.1) is 19.8 Å². The zero-order valence-electron chi connectivity index (χ0n) is 16.5. The minimum atomic E-state index is -0.139. The van der Waals surface area contributed by atoms with Crippen molar-refractivity contribution in [3.05, 3.63) is 28.3 Å². The Kier molecular flexibility index (Phi) is 7.31. The molecule has 0 aromatic heterocycles. The van der Waals surface area contributed by atoms with Gasteiger partial charge in [0, 0.05) is 6.42 Å². The monoisotopic (exact) mass is 334 g/mol. The van der Waals surface area contributed by atoms with Crippen molar-refractivity contribution in [2.24, 2.45) is 5.92 Å². The maximum Gasteiger partial charge on any atom is 0.306 e. The van der Waals surface area contributed by atoms with Gasteiger partial charge in [-0.2, -0.15) is 0 Å². The van der Waals surface area contributed by atoms with Crippen LogP contribution in [0.5, 0.6) is 5.75 Å². The van der Waals surface area contributed by atoms with Crippen molar-refractivity contribution in [2.45, 2.75) is 79.6 Å². The molecule has 1 unspecified atom stereocenters. The number of phenolic OH excluding ortho intramolecular Hbond substituents is 1. The molecule has 1 aromatic carbocycles. The Morgan fingerprint density at radius 2 is 1.88 bits per heavy atom. The van der Waals surface area contributed by atoms with Crippen LogP contribution in [0.15, 0.2) is 6.07 Å². The van der Waals surface area contributed by atoms with E-state index in [1.807, 2.05) is 19.9 Å². The summed E-state index contributed by atoms with van der Waals surface area (Å²) >= 11 is 0. The highest BCUT2D eigenvalue weighted by Gasteiger charge is 2.22. The molecule has 1 atom stereocenters. The van der Waals surface area contributed by atoms with Crippen molar-refractivity contribution in [1.82, 2.24) is 0 Å². The van der Waals surface area contributed by atoms with Gasteiger partial charge >= 0.3 is 5.97 Å². The molecule has 3 heteroatoms. The lowest BCUT2D eigenvalue weighted by Crippen LogP contribution is -2.15. The molecule has 0 fully saturated rings. The topological polar surface area (TPSA) is 46.5 Å². The minimum Gasteiger partial charge on any atom is -0.507 e. The second-order valence-electron chi connectivity index (χ2n) is 8.01. The molecule has 1 rings (SSSR count). The standard InChI is InChI=1S/C21H34O3/c1-8-9-14(2)13-24-19(22)11-10-17-12-18(21(5,6)7)20(23)16(4)15(17)3/h12,14,23H,8-11,13H2,1-7H3. The molecule has 0 amide bonds. The number of hydrogen-bond acceptors (Lipinski definition) is 3. The molecule has 0 spiro atoms. The molecule has 0 saturated carbocycles. The number of ether oxygens (including phenoxy) is 1. The van der Waals surface area contributed by atoms with Crippen molar-refractivity contribution < 1.29 is 14.6 Å². The number of esters is 1. The number of aromatic hydroxyl groups is 1. The molecular formula is C21H34O3. The van der Waals surface area contributed by atoms with Crippen LogP contribution in [-0.4, -0.2) is 17.7 Å². The highest BCUT2D eigenvalue weighted by atomic mass is 16.5. The zero-order valence-corrected chi connectivity index (χ0v) is 16.5. The van der Waals surface area contributed by atoms with E-state index in [1.54, 1.807) is 0 Å². The lowest BCUT2D eigenvalue weighted by molar-refractivity contribution is -0.144. The molecule has 1 N–H and O–H groups in total. The molecule has 0 heterocycles. The predicted octanol–water partition coefficient (Wildman–Crippen LogP) is 5.22. The SMILES string of the molecule is CCCC(C)COC(=O)CCc1cc(C(C)(C)C)c(O)c(C)c1C. The molecule has 0 bridgehead atoms. The van der Waals surface area contributed by atoms with Crippen LogP contribution in [0.1, 0.15) is 76.1 Å². The van der Waals surface area contributed by atoms with Crippen LogP contribution in [0.3, 0.4) is 0 Å². The van der Waals surface area contributed by atoms with Crippen molar-refractivity contribution >= 4 is 5.97 Å². The van der Waals surface area contributed by atoms with Gasteiger partial charge in [0.15, 0.2) is 0 Å². The smallest absolute Gasteiger partial charge is 0.306 e. The van der Waals surface area contributed by atoms with E-state index in [1.165, 1.54) is 0 Å². The summed E-state index contributed by atoms with van der Waals surface area (Å²) < 4.78 is 5.38. The van der Waals surface area contributed by atoms with Crippen LogP contribution in [0.25, 0.3) is 0 Å². The second-order valence-corrected chi connectivity index (χ2v) is 8.01. The van der Waals surface area contributed by atoms with Gasteiger partial charge in [-0.1, -0.05) is 47.1 Å². The van der Waals surface area contributed by atoms with E-state index in [0.29, 0.717) is 31.1 Å². The third-order valence-electron chi connectivity index (χ3n) is 4.69. The molecule has 0 aliphatic rings. The lowest BCUT2D eigenvalue weighted by atomic mass is 9.82. The molecule has 1 aromatic rings. The fourth-order valence-electron chi connectivity index (χ4n) is 2.92. The maximum absolute atomic E-state index is 12.0. The largest absolute Gasteiger partial charge is 0.507 e. The van der Waals surface area contributed by atoms with E-state index in [0.717, 1.165) is 35.1 Å². The first kappa shape index (κ1) is 20.5. The Morgan fingerprint density at radius 3 is 2.42 bits per heavy atom. The van der Waals surface area contributed by atoms with Gasteiger partial charge < -0.3 is 9.84 Å². The first-order valence-electron chi connectivity index (χ1n) is 9.06. The first-order chi connectivity index (χ1) is 11.1. The van der Waals surface area contributed by atoms with Crippen molar-refractivity contribution in [1.29, 1.82) is 0 Å². The third-order valence-corrected chi connectivity index (χ3v) is 4.69. The van der Waals surface area contributed by atoms with E-state index in [4.69, 9.17) is 4.74 Å². The Hall–Kier alpha value is -1.51. The van der Waals surface area contributed by atoms with Gasteiger partial charge in [-0.15, -0.1) is 0 Å². The molecule has 0 aliphatic carbocycles. The highest BCUT2D eigenvalue weighted by molar-refractivity contribution is 5.70. The summed E-state index contributed by atoms with van der Waals surface area (Å²) in [5, 5.41) is 10.4. The predicted molar refractivity (Wildman–Crippen MR) is 99.6 cm³/mol. The van der Waals surface area contributed by atoms with Crippen LogP contribution in [0.4, 0.5) is 0 Å². The molecule has 0 saturated heterocycles. The summed E-state index contributed by atoms with van der Waals surface area (Å²) in [5.74, 6) is 0.657. The van der Waals surface area contributed by atoms with Crippen molar-refractivity contribution in [3.63, 3.8) is 0 Å². The van der Waals surface area contributed by atoms with E-state index in [9.17, 15) is 9.90 Å². The lowest BCUT2D eigenvalue weighted by Gasteiger charge is -2.24. The van der Waals surface area contributed by atoms with Gasteiger partial charge in [0.05, 0.1) is 6.61 Å². The minimum absolute atomic E-state index is 0.132. The van der Waals surface area contributed by atoms with Crippen LogP contribution >= 0.6 is 0 Å². The van der Waals surface area contributed by atoms with Gasteiger partial charge in [-0.05, 0) is 60.3 Å².